The SMILES string of the molecule is NCC1CCCN(NC(=O)O)C1. The fourth-order valence-electron chi connectivity index (χ4n) is 1.49. The van der Waals surface area contributed by atoms with Gasteiger partial charge in [-0.05, 0) is 25.3 Å². The lowest BCUT2D eigenvalue weighted by atomic mass is 10.00. The molecule has 1 rings (SSSR count). The molecule has 1 fully saturated rings. The number of carboxylic acid groups (broad SMARTS) is 1. The van der Waals surface area contributed by atoms with Gasteiger partial charge in [0.1, 0.15) is 0 Å². The number of hydrazine groups is 1. The van der Waals surface area contributed by atoms with Gasteiger partial charge in [0.15, 0.2) is 0 Å². The normalized spacial score (nSPS) is 25.2. The highest BCUT2D eigenvalue weighted by atomic mass is 16.4. The molecule has 0 radical (unpaired) electrons. The van der Waals surface area contributed by atoms with Crippen LogP contribution in [0.4, 0.5) is 4.79 Å². The van der Waals surface area contributed by atoms with Gasteiger partial charge in [-0.1, -0.05) is 0 Å². The Morgan fingerprint density at radius 1 is 1.75 bits per heavy atom. The molecule has 0 spiro atoms. The van der Waals surface area contributed by atoms with Crippen molar-refractivity contribution >= 4 is 6.09 Å². The molecule has 4 N–H and O–H groups in total. The third-order valence-corrected chi connectivity index (χ3v) is 2.11. The Morgan fingerprint density at radius 2 is 2.50 bits per heavy atom. The van der Waals surface area contributed by atoms with Crippen LogP contribution in [0.5, 0.6) is 0 Å². The maximum Gasteiger partial charge on any atom is 0.419 e. The molecule has 1 atom stereocenters. The zero-order chi connectivity index (χ0) is 8.97. The molecule has 0 aromatic carbocycles. The predicted octanol–water partition coefficient (Wildman–Crippen LogP) is -0.160. The molecule has 12 heavy (non-hydrogen) atoms. The van der Waals surface area contributed by atoms with E-state index in [9.17, 15) is 4.79 Å². The monoisotopic (exact) mass is 173 g/mol. The second-order valence-corrected chi connectivity index (χ2v) is 3.11. The van der Waals surface area contributed by atoms with Crippen molar-refractivity contribution in [1.29, 1.82) is 0 Å². The fraction of sp³-hybridized carbons (Fsp3) is 0.857. The summed E-state index contributed by atoms with van der Waals surface area (Å²) >= 11 is 0. The summed E-state index contributed by atoms with van der Waals surface area (Å²) in [5.41, 5.74) is 7.83. The number of piperidine rings is 1. The van der Waals surface area contributed by atoms with E-state index in [1.54, 1.807) is 5.01 Å². The number of nitrogens with one attached hydrogen (secondary N) is 1. The molecule has 1 unspecified atom stereocenters. The van der Waals surface area contributed by atoms with Gasteiger partial charge in [0.2, 0.25) is 0 Å². The van der Waals surface area contributed by atoms with Crippen LogP contribution in [0.1, 0.15) is 12.8 Å². The van der Waals surface area contributed by atoms with E-state index in [-0.39, 0.29) is 0 Å². The molecule has 5 nitrogen and oxygen atoms in total. The van der Waals surface area contributed by atoms with Crippen LogP contribution in [0.25, 0.3) is 0 Å². The van der Waals surface area contributed by atoms with E-state index in [0.29, 0.717) is 12.5 Å². The van der Waals surface area contributed by atoms with E-state index < -0.39 is 6.09 Å². The van der Waals surface area contributed by atoms with E-state index in [1.165, 1.54) is 0 Å². The van der Waals surface area contributed by atoms with Crippen LogP contribution in [-0.2, 0) is 0 Å². The number of amides is 1. The number of carbonyl (C=O) groups is 1. The zero-order valence-corrected chi connectivity index (χ0v) is 6.99. The van der Waals surface area contributed by atoms with Gasteiger partial charge in [-0.15, -0.1) is 0 Å². The van der Waals surface area contributed by atoms with Crippen molar-refractivity contribution in [3.05, 3.63) is 0 Å². The molecule has 1 aliphatic heterocycles. The van der Waals surface area contributed by atoms with E-state index in [0.717, 1.165) is 25.9 Å². The summed E-state index contributed by atoms with van der Waals surface area (Å²) in [5, 5.41) is 10.2. The maximum atomic E-state index is 10.3. The minimum Gasteiger partial charge on any atom is -0.464 e. The van der Waals surface area contributed by atoms with Crippen molar-refractivity contribution in [2.45, 2.75) is 12.8 Å². The minimum absolute atomic E-state index is 0.436. The summed E-state index contributed by atoms with van der Waals surface area (Å²) in [6.45, 7) is 2.17. The Morgan fingerprint density at radius 3 is 3.08 bits per heavy atom. The van der Waals surface area contributed by atoms with E-state index >= 15 is 0 Å². The lowest BCUT2D eigenvalue weighted by Gasteiger charge is -2.30. The standard InChI is InChI=1S/C7H15N3O2/c8-4-6-2-1-3-10(5-6)9-7(11)12/h6,9H,1-5,8H2,(H,11,12). The molecule has 1 aliphatic rings. The van der Waals surface area contributed by atoms with Gasteiger partial charge in [-0.3, -0.25) is 5.43 Å². The Labute approximate surface area is 71.5 Å². The number of nitrogens with zero attached hydrogens (tertiary/aromatic N) is 1. The van der Waals surface area contributed by atoms with Crippen LogP contribution in [0.2, 0.25) is 0 Å². The second-order valence-electron chi connectivity index (χ2n) is 3.11. The molecule has 70 valence electrons. The maximum absolute atomic E-state index is 10.3. The Kier molecular flexibility index (Phi) is 3.31. The van der Waals surface area contributed by atoms with Gasteiger partial charge in [-0.2, -0.15) is 0 Å². The number of nitrogens with two attached hydrogens (primary N) is 1. The molecule has 1 heterocycles. The van der Waals surface area contributed by atoms with Crippen LogP contribution in [0.15, 0.2) is 0 Å². The summed E-state index contributed by atoms with van der Waals surface area (Å²) < 4.78 is 0. The predicted molar refractivity (Wildman–Crippen MR) is 44.5 cm³/mol. The first-order valence-corrected chi connectivity index (χ1v) is 4.17. The Bertz CT molecular complexity index is 163. The quantitative estimate of drug-likeness (QED) is 0.542. The van der Waals surface area contributed by atoms with Crippen LogP contribution in [-0.4, -0.2) is 35.8 Å². The number of hydrogen-bond donors (Lipinski definition) is 3. The Hall–Kier alpha value is -0.810. The zero-order valence-electron chi connectivity index (χ0n) is 6.99. The van der Waals surface area contributed by atoms with Crippen LogP contribution < -0.4 is 11.2 Å². The van der Waals surface area contributed by atoms with Crippen LogP contribution >= 0.6 is 0 Å². The second kappa shape index (κ2) is 4.27. The van der Waals surface area contributed by atoms with Crippen molar-refractivity contribution in [2.75, 3.05) is 19.6 Å². The van der Waals surface area contributed by atoms with Crippen LogP contribution in [0, 0.1) is 5.92 Å². The van der Waals surface area contributed by atoms with Crippen molar-refractivity contribution in [1.82, 2.24) is 10.4 Å². The third-order valence-electron chi connectivity index (χ3n) is 2.11. The highest BCUT2D eigenvalue weighted by Crippen LogP contribution is 2.12. The van der Waals surface area contributed by atoms with E-state index in [2.05, 4.69) is 5.43 Å². The first-order valence-electron chi connectivity index (χ1n) is 4.17. The molecule has 0 aromatic rings. The largest absolute Gasteiger partial charge is 0.464 e. The summed E-state index contributed by atoms with van der Waals surface area (Å²) in [7, 11) is 0. The van der Waals surface area contributed by atoms with E-state index in [4.69, 9.17) is 10.8 Å². The molecule has 1 amide bonds. The van der Waals surface area contributed by atoms with Crippen molar-refractivity contribution < 1.29 is 9.90 Å². The van der Waals surface area contributed by atoms with Crippen LogP contribution in [0.3, 0.4) is 0 Å². The third kappa shape index (κ3) is 2.67. The van der Waals surface area contributed by atoms with Gasteiger partial charge in [0.05, 0.1) is 0 Å². The number of rotatable bonds is 2. The van der Waals surface area contributed by atoms with Gasteiger partial charge in [-0.25, -0.2) is 9.80 Å². The van der Waals surface area contributed by atoms with Gasteiger partial charge in [0, 0.05) is 13.1 Å². The summed E-state index contributed by atoms with van der Waals surface area (Å²) in [5.74, 6) is 0.436. The lowest BCUT2D eigenvalue weighted by molar-refractivity contribution is 0.103. The van der Waals surface area contributed by atoms with Crippen molar-refractivity contribution in [3.63, 3.8) is 0 Å². The highest BCUT2D eigenvalue weighted by molar-refractivity contribution is 5.63. The van der Waals surface area contributed by atoms with E-state index in [1.807, 2.05) is 0 Å². The van der Waals surface area contributed by atoms with Crippen molar-refractivity contribution in [3.8, 4) is 0 Å². The Balaban J connectivity index is 2.30. The fourth-order valence-corrected chi connectivity index (χ4v) is 1.49. The molecule has 0 saturated carbocycles. The topological polar surface area (TPSA) is 78.6 Å². The molecular formula is C7H15N3O2. The molecule has 1 saturated heterocycles. The average Bonchev–Trinajstić information content (AvgIpc) is 2.03. The van der Waals surface area contributed by atoms with Gasteiger partial charge in [0.25, 0.3) is 0 Å². The molecule has 0 bridgehead atoms. The smallest absolute Gasteiger partial charge is 0.419 e. The lowest BCUT2D eigenvalue weighted by Crippen LogP contribution is -2.48. The minimum atomic E-state index is -0.993. The molecule has 0 aromatic heterocycles. The van der Waals surface area contributed by atoms with Gasteiger partial charge >= 0.3 is 6.09 Å². The summed E-state index contributed by atoms with van der Waals surface area (Å²) in [6.07, 6.45) is 1.13. The molecule has 5 heteroatoms. The molecule has 0 aliphatic carbocycles. The first kappa shape index (κ1) is 9.28. The summed E-state index contributed by atoms with van der Waals surface area (Å²) in [6, 6.07) is 0. The first-order chi connectivity index (χ1) is 5.72. The van der Waals surface area contributed by atoms with Gasteiger partial charge < -0.3 is 10.8 Å². The molecular weight excluding hydrogens is 158 g/mol. The summed E-state index contributed by atoms with van der Waals surface area (Å²) in [4.78, 5) is 10.3. The van der Waals surface area contributed by atoms with Crippen molar-refractivity contribution in [2.24, 2.45) is 11.7 Å². The number of hydrogen-bond acceptors (Lipinski definition) is 3. The highest BCUT2D eigenvalue weighted by Gasteiger charge is 2.19. The average molecular weight is 173 g/mol.